The van der Waals surface area contributed by atoms with Gasteiger partial charge in [0.2, 0.25) is 0 Å². The fraction of sp³-hybridized carbons (Fsp3) is 0.500. The second kappa shape index (κ2) is 5.41. The highest BCUT2D eigenvalue weighted by Crippen LogP contribution is 2.21. The third-order valence-corrected chi connectivity index (χ3v) is 3.89. The number of amides is 2. The Morgan fingerprint density at radius 1 is 1.45 bits per heavy atom. The first-order valence-corrected chi connectivity index (χ1v) is 6.96. The molecule has 0 spiro atoms. The van der Waals surface area contributed by atoms with Crippen molar-refractivity contribution in [2.24, 2.45) is 0 Å². The van der Waals surface area contributed by atoms with Crippen molar-refractivity contribution in [1.82, 2.24) is 29.3 Å². The fourth-order valence-electron chi connectivity index (χ4n) is 2.27. The molecule has 0 radical (unpaired) electrons. The molecule has 2 amide bonds. The zero-order valence-electron chi connectivity index (χ0n) is 10.5. The molecule has 3 heterocycles. The van der Waals surface area contributed by atoms with Gasteiger partial charge in [0.15, 0.2) is 0 Å². The average Bonchev–Trinajstić information content (AvgIpc) is 3.10. The van der Waals surface area contributed by atoms with E-state index >= 15 is 0 Å². The number of piperidine rings is 1. The maximum Gasteiger partial charge on any atom is 0.343 e. The van der Waals surface area contributed by atoms with Crippen LogP contribution in [0.1, 0.15) is 18.9 Å². The minimum Gasteiger partial charge on any atom is -0.324 e. The van der Waals surface area contributed by atoms with Gasteiger partial charge in [-0.05, 0) is 12.8 Å². The molecule has 2 aromatic heterocycles. The lowest BCUT2D eigenvalue weighted by Gasteiger charge is -2.31. The zero-order valence-corrected chi connectivity index (χ0v) is 11.3. The summed E-state index contributed by atoms with van der Waals surface area (Å²) in [5.74, 6) is 0. The Balaban J connectivity index is 1.57. The number of hydrogen-bond donors (Lipinski definition) is 2. The standard InChI is InChI=1S/C10H13N7O2S/c18-9(13-8-5-11-15-20-8)16-3-1-7(2-4-16)17-6-12-14-10(17)19/h5-7H,1-4H2,(H,13,18)(H,14,19). The normalized spacial score (nSPS) is 16.3. The first kappa shape index (κ1) is 12.8. The summed E-state index contributed by atoms with van der Waals surface area (Å²) in [6.45, 7) is 1.20. The number of nitrogens with zero attached hydrogens (tertiary/aromatic N) is 5. The molecule has 0 bridgehead atoms. The minimum absolute atomic E-state index is 0.0929. The molecular weight excluding hydrogens is 282 g/mol. The lowest BCUT2D eigenvalue weighted by molar-refractivity contribution is 0.183. The minimum atomic E-state index is -0.205. The Morgan fingerprint density at radius 2 is 2.25 bits per heavy atom. The molecule has 2 N–H and O–H groups in total. The van der Waals surface area contributed by atoms with Gasteiger partial charge in [-0.1, -0.05) is 4.49 Å². The molecule has 1 aliphatic rings. The molecule has 3 rings (SSSR count). The molecule has 0 saturated carbocycles. The molecule has 106 valence electrons. The molecule has 1 aliphatic heterocycles. The highest BCUT2D eigenvalue weighted by molar-refractivity contribution is 7.10. The molecule has 2 aromatic rings. The first-order chi connectivity index (χ1) is 9.74. The Morgan fingerprint density at radius 3 is 2.85 bits per heavy atom. The van der Waals surface area contributed by atoms with Gasteiger partial charge in [0.25, 0.3) is 0 Å². The molecule has 0 atom stereocenters. The SMILES string of the molecule is O=C(Nc1cnns1)N1CCC(n2cn[nH]c2=O)CC1. The Labute approximate surface area is 117 Å². The van der Waals surface area contributed by atoms with Crippen molar-refractivity contribution >= 4 is 22.6 Å². The van der Waals surface area contributed by atoms with E-state index in [4.69, 9.17) is 0 Å². The van der Waals surface area contributed by atoms with E-state index < -0.39 is 0 Å². The number of rotatable bonds is 2. The molecule has 0 unspecified atom stereocenters. The second-order valence-corrected chi connectivity index (χ2v) is 5.28. The number of anilines is 1. The summed E-state index contributed by atoms with van der Waals surface area (Å²) in [6.07, 6.45) is 4.48. The molecule has 9 nitrogen and oxygen atoms in total. The van der Waals surface area contributed by atoms with E-state index in [0.717, 1.165) is 24.4 Å². The molecule has 20 heavy (non-hydrogen) atoms. The Kier molecular flexibility index (Phi) is 3.46. The van der Waals surface area contributed by atoms with Gasteiger partial charge < -0.3 is 4.90 Å². The van der Waals surface area contributed by atoms with Gasteiger partial charge in [-0.2, -0.15) is 5.10 Å². The number of urea groups is 1. The Bertz CT molecular complexity index is 626. The number of aromatic amines is 1. The first-order valence-electron chi connectivity index (χ1n) is 6.19. The van der Waals surface area contributed by atoms with Crippen LogP contribution in [0.4, 0.5) is 9.80 Å². The monoisotopic (exact) mass is 295 g/mol. The van der Waals surface area contributed by atoms with Crippen LogP contribution in [0.3, 0.4) is 0 Å². The smallest absolute Gasteiger partial charge is 0.324 e. The third-order valence-electron chi connectivity index (χ3n) is 3.31. The molecule has 0 aromatic carbocycles. The van der Waals surface area contributed by atoms with E-state index in [1.807, 2.05) is 0 Å². The van der Waals surface area contributed by atoms with Crippen LogP contribution in [0.5, 0.6) is 0 Å². The van der Waals surface area contributed by atoms with Crippen molar-refractivity contribution < 1.29 is 4.79 Å². The van der Waals surface area contributed by atoms with Crippen LogP contribution < -0.4 is 11.0 Å². The van der Waals surface area contributed by atoms with Gasteiger partial charge in [-0.3, -0.25) is 9.88 Å². The topological polar surface area (TPSA) is 109 Å². The maximum atomic E-state index is 12.0. The summed E-state index contributed by atoms with van der Waals surface area (Å²) in [5.41, 5.74) is -0.205. The molecule has 1 saturated heterocycles. The summed E-state index contributed by atoms with van der Waals surface area (Å²) >= 11 is 1.14. The van der Waals surface area contributed by atoms with Crippen LogP contribution in [-0.4, -0.2) is 48.4 Å². The summed E-state index contributed by atoms with van der Waals surface area (Å²) < 4.78 is 5.27. The van der Waals surface area contributed by atoms with Crippen LogP contribution in [-0.2, 0) is 0 Å². The van der Waals surface area contributed by atoms with Crippen LogP contribution in [0.25, 0.3) is 0 Å². The highest BCUT2D eigenvalue weighted by Gasteiger charge is 2.25. The number of carbonyl (C=O) groups excluding carboxylic acids is 1. The number of H-pyrrole nitrogens is 1. The van der Waals surface area contributed by atoms with E-state index in [1.165, 1.54) is 12.5 Å². The summed E-state index contributed by atoms with van der Waals surface area (Å²) in [6, 6.07) is -0.0654. The van der Waals surface area contributed by atoms with Gasteiger partial charge in [0.05, 0.1) is 6.20 Å². The lowest BCUT2D eigenvalue weighted by Crippen LogP contribution is -2.42. The summed E-state index contributed by atoms with van der Waals surface area (Å²) in [5, 5.41) is 13.1. The van der Waals surface area contributed by atoms with Crippen LogP contribution >= 0.6 is 11.5 Å². The van der Waals surface area contributed by atoms with Crippen molar-refractivity contribution in [3.63, 3.8) is 0 Å². The van der Waals surface area contributed by atoms with Gasteiger partial charge in [0.1, 0.15) is 11.3 Å². The lowest BCUT2D eigenvalue weighted by atomic mass is 10.1. The van der Waals surface area contributed by atoms with E-state index in [2.05, 4.69) is 25.1 Å². The average molecular weight is 295 g/mol. The van der Waals surface area contributed by atoms with Crippen molar-refractivity contribution in [3.05, 3.63) is 23.0 Å². The van der Waals surface area contributed by atoms with Crippen LogP contribution in [0.2, 0.25) is 0 Å². The highest BCUT2D eigenvalue weighted by atomic mass is 32.1. The molecular formula is C10H13N7O2S. The molecule has 1 fully saturated rings. The number of carbonyl (C=O) groups is 1. The quantitative estimate of drug-likeness (QED) is 0.827. The predicted octanol–water partition coefficient (Wildman–Crippen LogP) is 0.292. The largest absolute Gasteiger partial charge is 0.343 e. The summed E-state index contributed by atoms with van der Waals surface area (Å²) in [4.78, 5) is 25.2. The van der Waals surface area contributed by atoms with E-state index in [0.29, 0.717) is 18.1 Å². The molecule has 10 heteroatoms. The van der Waals surface area contributed by atoms with Crippen molar-refractivity contribution in [2.75, 3.05) is 18.4 Å². The summed E-state index contributed by atoms with van der Waals surface area (Å²) in [7, 11) is 0. The van der Waals surface area contributed by atoms with Gasteiger partial charge >= 0.3 is 11.7 Å². The zero-order chi connectivity index (χ0) is 13.9. The van der Waals surface area contributed by atoms with Gasteiger partial charge in [-0.15, -0.1) is 5.10 Å². The number of aromatic nitrogens is 5. The van der Waals surface area contributed by atoms with E-state index in [-0.39, 0.29) is 17.8 Å². The van der Waals surface area contributed by atoms with Crippen molar-refractivity contribution in [3.8, 4) is 0 Å². The Hall–Kier alpha value is -2.23. The van der Waals surface area contributed by atoms with Gasteiger partial charge in [-0.25, -0.2) is 14.7 Å². The van der Waals surface area contributed by atoms with Crippen molar-refractivity contribution in [1.29, 1.82) is 0 Å². The second-order valence-electron chi connectivity index (χ2n) is 4.50. The van der Waals surface area contributed by atoms with Gasteiger partial charge in [0, 0.05) is 30.7 Å². The number of likely N-dealkylation sites (tertiary alicyclic amines) is 1. The van der Waals surface area contributed by atoms with Crippen LogP contribution in [0, 0.1) is 0 Å². The third kappa shape index (κ3) is 2.54. The fourth-order valence-corrected chi connectivity index (χ4v) is 2.68. The number of nitrogens with one attached hydrogen (secondary N) is 2. The molecule has 0 aliphatic carbocycles. The predicted molar refractivity (Wildman–Crippen MR) is 71.6 cm³/mol. The van der Waals surface area contributed by atoms with E-state index in [9.17, 15) is 9.59 Å². The maximum absolute atomic E-state index is 12.0. The van der Waals surface area contributed by atoms with Crippen LogP contribution in [0.15, 0.2) is 17.3 Å². The van der Waals surface area contributed by atoms with Crippen molar-refractivity contribution in [2.45, 2.75) is 18.9 Å². The number of hydrogen-bond acceptors (Lipinski definition) is 6. The van der Waals surface area contributed by atoms with E-state index in [1.54, 1.807) is 9.47 Å².